The Balaban J connectivity index is 1.50. The van der Waals surface area contributed by atoms with Gasteiger partial charge in [-0.2, -0.15) is 5.10 Å². The normalized spacial score (nSPS) is 20.7. The van der Waals surface area contributed by atoms with Crippen LogP contribution in [0.5, 0.6) is 0 Å². The quantitative estimate of drug-likeness (QED) is 0.852. The zero-order valence-corrected chi connectivity index (χ0v) is 14.2. The number of hydrogen-bond acceptors (Lipinski definition) is 6. The SMILES string of the molecule is CN(CCc1n[nH]c(Cc2cccs2)n1)[C@H]1CCS(=O)(=O)C1. The van der Waals surface area contributed by atoms with Gasteiger partial charge in [-0.15, -0.1) is 11.3 Å². The van der Waals surface area contributed by atoms with Crippen LogP contribution in [0.25, 0.3) is 0 Å². The van der Waals surface area contributed by atoms with Crippen LogP contribution in [0.3, 0.4) is 0 Å². The Morgan fingerprint density at radius 1 is 1.50 bits per heavy atom. The summed E-state index contributed by atoms with van der Waals surface area (Å²) in [6.45, 7) is 0.774. The van der Waals surface area contributed by atoms with E-state index in [0.29, 0.717) is 5.75 Å². The maximum Gasteiger partial charge on any atom is 0.151 e. The van der Waals surface area contributed by atoms with Gasteiger partial charge < -0.3 is 4.90 Å². The maximum atomic E-state index is 11.5. The predicted molar refractivity (Wildman–Crippen MR) is 86.9 cm³/mol. The third-order valence-electron chi connectivity index (χ3n) is 4.02. The second-order valence-corrected chi connectivity index (χ2v) is 9.00. The van der Waals surface area contributed by atoms with Crippen molar-refractivity contribution in [1.29, 1.82) is 0 Å². The van der Waals surface area contributed by atoms with Crippen molar-refractivity contribution in [3.8, 4) is 0 Å². The number of likely N-dealkylation sites (N-methyl/N-ethyl adjacent to an activating group) is 1. The fraction of sp³-hybridized carbons (Fsp3) is 0.571. The Morgan fingerprint density at radius 3 is 3.05 bits per heavy atom. The molecule has 2 aromatic heterocycles. The van der Waals surface area contributed by atoms with Gasteiger partial charge in [0.1, 0.15) is 5.82 Å². The molecule has 3 rings (SSSR count). The van der Waals surface area contributed by atoms with Crippen LogP contribution in [-0.2, 0) is 22.7 Å². The molecule has 3 heterocycles. The highest BCUT2D eigenvalue weighted by atomic mass is 32.2. The number of sulfone groups is 1. The molecule has 1 fully saturated rings. The number of nitrogens with one attached hydrogen (secondary N) is 1. The molecule has 1 aliphatic rings. The van der Waals surface area contributed by atoms with Crippen molar-refractivity contribution < 1.29 is 8.42 Å². The first-order valence-electron chi connectivity index (χ1n) is 7.35. The molecule has 6 nitrogen and oxygen atoms in total. The van der Waals surface area contributed by atoms with E-state index >= 15 is 0 Å². The van der Waals surface area contributed by atoms with Crippen molar-refractivity contribution in [3.63, 3.8) is 0 Å². The average Bonchev–Trinajstić information content (AvgIpc) is 3.18. The number of H-pyrrole nitrogens is 1. The van der Waals surface area contributed by atoms with Crippen LogP contribution in [0.2, 0.25) is 0 Å². The maximum absolute atomic E-state index is 11.5. The lowest BCUT2D eigenvalue weighted by Crippen LogP contribution is -2.34. The van der Waals surface area contributed by atoms with Crippen LogP contribution in [0.4, 0.5) is 0 Å². The standard InChI is InChI=1S/C14H20N4O2S2/c1-18(11-5-8-22(19,20)10-11)6-4-13-15-14(17-16-13)9-12-3-2-7-21-12/h2-3,7,11H,4-6,8-10H2,1H3,(H,15,16,17)/t11-/m0/s1. The van der Waals surface area contributed by atoms with E-state index in [4.69, 9.17) is 0 Å². The average molecular weight is 340 g/mol. The van der Waals surface area contributed by atoms with E-state index < -0.39 is 9.84 Å². The molecule has 1 N–H and O–H groups in total. The van der Waals surface area contributed by atoms with Crippen molar-refractivity contribution in [3.05, 3.63) is 34.0 Å². The van der Waals surface area contributed by atoms with Gasteiger partial charge >= 0.3 is 0 Å². The minimum atomic E-state index is -2.83. The van der Waals surface area contributed by atoms with Crippen molar-refractivity contribution in [2.24, 2.45) is 0 Å². The first kappa shape index (κ1) is 15.6. The van der Waals surface area contributed by atoms with Gasteiger partial charge in [0.15, 0.2) is 15.7 Å². The summed E-state index contributed by atoms with van der Waals surface area (Å²) in [4.78, 5) is 7.88. The van der Waals surface area contributed by atoms with Crippen LogP contribution in [0, 0.1) is 0 Å². The largest absolute Gasteiger partial charge is 0.302 e. The molecule has 0 saturated carbocycles. The second-order valence-electron chi connectivity index (χ2n) is 5.74. The van der Waals surface area contributed by atoms with Crippen LogP contribution >= 0.6 is 11.3 Å². The van der Waals surface area contributed by atoms with E-state index in [1.807, 2.05) is 13.1 Å². The number of thiophene rings is 1. The number of aromatic nitrogens is 3. The van der Waals surface area contributed by atoms with Gasteiger partial charge in [0, 0.05) is 30.3 Å². The molecule has 0 spiro atoms. The van der Waals surface area contributed by atoms with E-state index in [2.05, 4.69) is 31.5 Å². The van der Waals surface area contributed by atoms with Gasteiger partial charge in [0.05, 0.1) is 11.5 Å². The van der Waals surface area contributed by atoms with Crippen molar-refractivity contribution in [1.82, 2.24) is 20.1 Å². The van der Waals surface area contributed by atoms with Crippen molar-refractivity contribution >= 4 is 21.2 Å². The summed E-state index contributed by atoms with van der Waals surface area (Å²) in [6.07, 6.45) is 2.24. The molecule has 0 radical (unpaired) electrons. The number of nitrogens with zero attached hydrogens (tertiary/aromatic N) is 3. The third-order valence-corrected chi connectivity index (χ3v) is 6.65. The smallest absolute Gasteiger partial charge is 0.151 e. The highest BCUT2D eigenvalue weighted by Gasteiger charge is 2.30. The zero-order valence-electron chi connectivity index (χ0n) is 12.5. The van der Waals surface area contributed by atoms with E-state index in [0.717, 1.165) is 37.5 Å². The topological polar surface area (TPSA) is 79.0 Å². The molecule has 0 aromatic carbocycles. The van der Waals surface area contributed by atoms with Crippen molar-refractivity contribution in [2.75, 3.05) is 25.1 Å². The fourth-order valence-electron chi connectivity index (χ4n) is 2.69. The number of aromatic amines is 1. The summed E-state index contributed by atoms with van der Waals surface area (Å²) >= 11 is 1.71. The molecule has 0 amide bonds. The van der Waals surface area contributed by atoms with Crippen molar-refractivity contribution in [2.45, 2.75) is 25.3 Å². The van der Waals surface area contributed by atoms with Gasteiger partial charge in [0.25, 0.3) is 0 Å². The third kappa shape index (κ3) is 3.93. The van der Waals surface area contributed by atoms with Gasteiger partial charge in [-0.1, -0.05) is 6.07 Å². The summed E-state index contributed by atoms with van der Waals surface area (Å²) in [5.41, 5.74) is 0. The molecule has 1 saturated heterocycles. The molecule has 0 unspecified atom stereocenters. The molecule has 120 valence electrons. The van der Waals surface area contributed by atoms with Gasteiger partial charge in [-0.3, -0.25) is 5.10 Å². The van der Waals surface area contributed by atoms with E-state index in [9.17, 15) is 8.42 Å². The Hall–Kier alpha value is -1.25. The molecule has 0 aliphatic carbocycles. The first-order valence-corrected chi connectivity index (χ1v) is 10.1. The molecular formula is C14H20N4O2S2. The Bertz CT molecular complexity index is 709. The Morgan fingerprint density at radius 2 is 2.36 bits per heavy atom. The lowest BCUT2D eigenvalue weighted by molar-refractivity contribution is 0.264. The Labute approximate surface area is 134 Å². The molecule has 2 aromatic rings. The summed E-state index contributed by atoms with van der Waals surface area (Å²) in [5.74, 6) is 2.26. The van der Waals surface area contributed by atoms with Crippen LogP contribution in [0.1, 0.15) is 22.9 Å². The van der Waals surface area contributed by atoms with Crippen LogP contribution in [0.15, 0.2) is 17.5 Å². The molecule has 22 heavy (non-hydrogen) atoms. The summed E-state index contributed by atoms with van der Waals surface area (Å²) in [5, 5.41) is 9.28. The predicted octanol–water partition coefficient (Wildman–Crippen LogP) is 1.12. The number of hydrogen-bond donors (Lipinski definition) is 1. The molecule has 0 bridgehead atoms. The molecule has 1 aliphatic heterocycles. The van der Waals surface area contributed by atoms with Gasteiger partial charge in [-0.05, 0) is 24.9 Å². The lowest BCUT2D eigenvalue weighted by atomic mass is 10.2. The lowest BCUT2D eigenvalue weighted by Gasteiger charge is -2.22. The number of rotatable bonds is 6. The minimum absolute atomic E-state index is 0.134. The van der Waals surface area contributed by atoms with E-state index in [1.54, 1.807) is 11.3 Å². The summed E-state index contributed by atoms with van der Waals surface area (Å²) in [7, 11) is -0.849. The second kappa shape index (κ2) is 6.47. The minimum Gasteiger partial charge on any atom is -0.302 e. The van der Waals surface area contributed by atoms with E-state index in [-0.39, 0.29) is 11.8 Å². The highest BCUT2D eigenvalue weighted by Crippen LogP contribution is 2.17. The fourth-order valence-corrected chi connectivity index (χ4v) is 5.20. The van der Waals surface area contributed by atoms with Gasteiger partial charge in [0.2, 0.25) is 0 Å². The Kier molecular flexibility index (Phi) is 4.60. The molecule has 1 atom stereocenters. The van der Waals surface area contributed by atoms with Crippen LogP contribution < -0.4 is 0 Å². The summed E-state index contributed by atoms with van der Waals surface area (Å²) < 4.78 is 23.0. The first-order chi connectivity index (χ1) is 10.5. The molecule has 8 heteroatoms. The monoisotopic (exact) mass is 340 g/mol. The summed E-state index contributed by atoms with van der Waals surface area (Å²) in [6, 6.07) is 4.25. The van der Waals surface area contributed by atoms with E-state index in [1.165, 1.54) is 4.88 Å². The highest BCUT2D eigenvalue weighted by molar-refractivity contribution is 7.91. The van der Waals surface area contributed by atoms with Crippen LogP contribution in [-0.4, -0.2) is 59.6 Å². The van der Waals surface area contributed by atoms with Gasteiger partial charge in [-0.25, -0.2) is 13.4 Å². The zero-order chi connectivity index (χ0) is 15.6. The molecular weight excluding hydrogens is 320 g/mol.